The summed E-state index contributed by atoms with van der Waals surface area (Å²) in [5.74, 6) is 0.998. The van der Waals surface area contributed by atoms with Crippen LogP contribution in [0.2, 0.25) is 0 Å². The molecule has 2 aliphatic rings. The van der Waals surface area contributed by atoms with Crippen LogP contribution in [0, 0.1) is 0 Å². The number of nitrogens with one attached hydrogen (secondary N) is 2. The van der Waals surface area contributed by atoms with Gasteiger partial charge in [-0.2, -0.15) is 10.2 Å². The molecular weight excluding hydrogens is 402 g/mol. The fraction of sp³-hybridized carbons (Fsp3) is 0. The normalized spacial score (nSPS) is 12.8. The number of rotatable bonds is 2. The first-order valence-corrected chi connectivity index (χ1v) is 9.90. The van der Waals surface area contributed by atoms with Crippen molar-refractivity contribution >= 4 is 33.4 Å². The minimum Gasteiger partial charge on any atom is -0.276 e. The summed E-state index contributed by atoms with van der Waals surface area (Å²) in [6, 6.07) is 15.5. The van der Waals surface area contributed by atoms with Crippen molar-refractivity contribution in [2.45, 2.75) is 0 Å². The minimum atomic E-state index is 0.499. The maximum Gasteiger partial charge on any atom is 0.163 e. The van der Waals surface area contributed by atoms with E-state index < -0.39 is 0 Å². The largest absolute Gasteiger partial charge is 0.276 e. The lowest BCUT2D eigenvalue weighted by Gasteiger charge is -1.97. The predicted octanol–water partition coefficient (Wildman–Crippen LogP) is 3.19. The Morgan fingerprint density at radius 2 is 1.09 bits per heavy atom. The van der Waals surface area contributed by atoms with E-state index in [-0.39, 0.29) is 0 Å². The van der Waals surface area contributed by atoms with Gasteiger partial charge in [-0.15, -0.1) is 0 Å². The smallest absolute Gasteiger partial charge is 0.163 e. The lowest BCUT2D eigenvalue weighted by Crippen LogP contribution is -1.99. The third kappa shape index (κ3) is 3.08. The molecule has 6 rings (SSSR count). The number of aromatic amines is 2. The summed E-state index contributed by atoms with van der Waals surface area (Å²) in [6.45, 7) is 0. The van der Waals surface area contributed by atoms with Crippen molar-refractivity contribution in [2.75, 3.05) is 0 Å². The Balaban J connectivity index is 1.57. The molecule has 152 valence electrons. The van der Waals surface area contributed by atoms with Gasteiger partial charge in [0.05, 0.1) is 45.3 Å². The van der Waals surface area contributed by atoms with Crippen molar-refractivity contribution < 1.29 is 0 Å². The number of hydrogen-bond acceptors (Lipinski definition) is 7. The molecule has 0 aliphatic carbocycles. The molecule has 2 aromatic heterocycles. The maximum absolute atomic E-state index is 4.80. The fourth-order valence-corrected chi connectivity index (χ4v) is 3.58. The van der Waals surface area contributed by atoms with Crippen LogP contribution >= 0.6 is 0 Å². The fourth-order valence-electron chi connectivity index (χ4n) is 3.58. The summed E-state index contributed by atoms with van der Waals surface area (Å²) in [7, 11) is 0. The molecule has 2 aliphatic heterocycles. The first-order valence-electron chi connectivity index (χ1n) is 9.90. The van der Waals surface area contributed by atoms with Gasteiger partial charge < -0.3 is 0 Å². The zero-order valence-electron chi connectivity index (χ0n) is 16.6. The van der Waals surface area contributed by atoms with Crippen LogP contribution in [0.4, 0.5) is 11.6 Å². The second-order valence-electron chi connectivity index (χ2n) is 7.09. The Bertz CT molecular complexity index is 1570. The highest BCUT2D eigenvalue weighted by Crippen LogP contribution is 2.34. The van der Waals surface area contributed by atoms with E-state index in [0.29, 0.717) is 11.6 Å². The Kier molecular flexibility index (Phi) is 4.21. The van der Waals surface area contributed by atoms with Gasteiger partial charge in [0, 0.05) is 23.2 Å². The highest BCUT2D eigenvalue weighted by Gasteiger charge is 2.14. The first kappa shape index (κ1) is 18.0. The maximum atomic E-state index is 4.80. The number of aromatic nitrogens is 7. The van der Waals surface area contributed by atoms with Gasteiger partial charge in [0.2, 0.25) is 0 Å². The van der Waals surface area contributed by atoms with E-state index in [0.717, 1.165) is 43.6 Å². The van der Waals surface area contributed by atoms with Crippen LogP contribution in [0.15, 0.2) is 89.6 Å². The van der Waals surface area contributed by atoms with Gasteiger partial charge in [0.25, 0.3) is 0 Å². The van der Waals surface area contributed by atoms with Gasteiger partial charge in [0.15, 0.2) is 11.6 Å². The lowest BCUT2D eigenvalue weighted by molar-refractivity contribution is 1.10. The molecule has 0 saturated carbocycles. The van der Waals surface area contributed by atoms with E-state index in [9.17, 15) is 0 Å². The van der Waals surface area contributed by atoms with Gasteiger partial charge in [0.1, 0.15) is 6.33 Å². The highest BCUT2D eigenvalue weighted by atomic mass is 15.1. The molecule has 9 nitrogen and oxygen atoms in total. The number of hydrogen-bond donors (Lipinski definition) is 2. The van der Waals surface area contributed by atoms with E-state index in [4.69, 9.17) is 9.98 Å². The second-order valence-corrected chi connectivity index (χ2v) is 7.09. The van der Waals surface area contributed by atoms with Gasteiger partial charge >= 0.3 is 0 Å². The monoisotopic (exact) mass is 417 g/mol. The second kappa shape index (κ2) is 7.47. The zero-order chi connectivity index (χ0) is 21.3. The standard InChI is InChI=1S/C23H15N9/c1-3-7-18(20-14(5-1)9-27-31-20)29-22-16-11-24-12-17(16)23(26-13-25-22)30-19-8-4-2-6-15-10-28-32-21(15)19/h1-13H,(H,27,31)(H,28,32)/b29-18-,30-19?. The Labute approximate surface area is 180 Å². The molecule has 0 atom stereocenters. The van der Waals surface area contributed by atoms with Crippen LogP contribution < -0.4 is 10.7 Å². The summed E-state index contributed by atoms with van der Waals surface area (Å²) in [6.07, 6.45) is 8.46. The topological polar surface area (TPSA) is 121 Å². The average molecular weight is 417 g/mol. The van der Waals surface area contributed by atoms with E-state index in [1.54, 1.807) is 24.8 Å². The van der Waals surface area contributed by atoms with Crippen molar-refractivity contribution in [1.29, 1.82) is 0 Å². The predicted molar refractivity (Wildman–Crippen MR) is 119 cm³/mol. The summed E-state index contributed by atoms with van der Waals surface area (Å²) in [5.41, 5.74) is 3.16. The van der Waals surface area contributed by atoms with Gasteiger partial charge in [-0.1, -0.05) is 36.4 Å². The molecule has 0 saturated heterocycles. The van der Waals surface area contributed by atoms with Crippen LogP contribution in [0.1, 0.15) is 0 Å². The summed E-state index contributed by atoms with van der Waals surface area (Å²) >= 11 is 0. The third-order valence-electron chi connectivity index (χ3n) is 5.12. The Morgan fingerprint density at radius 3 is 1.62 bits per heavy atom. The summed E-state index contributed by atoms with van der Waals surface area (Å²) in [5, 5.41) is 17.6. The van der Waals surface area contributed by atoms with Crippen molar-refractivity contribution in [2.24, 2.45) is 9.98 Å². The van der Waals surface area contributed by atoms with E-state index in [2.05, 4.69) is 35.3 Å². The van der Waals surface area contributed by atoms with Crippen molar-refractivity contribution in [3.05, 3.63) is 90.4 Å². The van der Waals surface area contributed by atoms with Crippen molar-refractivity contribution in [3.63, 3.8) is 0 Å². The van der Waals surface area contributed by atoms with Gasteiger partial charge in [-0.3, -0.25) is 15.2 Å². The molecule has 0 fully saturated rings. The molecule has 2 aromatic carbocycles. The summed E-state index contributed by atoms with van der Waals surface area (Å²) < 4.78 is 0. The Morgan fingerprint density at radius 1 is 0.594 bits per heavy atom. The SMILES string of the molecule is c1ccc2cn[nH]c2c(=Nc2ncnc(/N=c3/ccccc4cn[nH]c34)c3cncc2-3)c1. The quantitative estimate of drug-likeness (QED) is 0.448. The molecule has 4 heterocycles. The van der Waals surface area contributed by atoms with Crippen LogP contribution in [0.25, 0.3) is 32.9 Å². The molecule has 0 bridgehead atoms. The molecule has 0 unspecified atom stereocenters. The minimum absolute atomic E-state index is 0.499. The molecular formula is C23H15N9. The van der Waals surface area contributed by atoms with Crippen LogP contribution in [0.5, 0.6) is 0 Å². The molecule has 32 heavy (non-hydrogen) atoms. The van der Waals surface area contributed by atoms with Crippen molar-refractivity contribution in [3.8, 4) is 11.1 Å². The van der Waals surface area contributed by atoms with Crippen LogP contribution in [-0.4, -0.2) is 35.3 Å². The summed E-state index contributed by atoms with van der Waals surface area (Å²) in [4.78, 5) is 22.9. The molecule has 2 N–H and O–H groups in total. The number of H-pyrrole nitrogens is 2. The van der Waals surface area contributed by atoms with Gasteiger partial charge in [-0.05, 0) is 12.1 Å². The van der Waals surface area contributed by atoms with Gasteiger partial charge in [-0.25, -0.2) is 20.0 Å². The molecule has 0 amide bonds. The van der Waals surface area contributed by atoms with E-state index in [1.807, 2.05) is 48.5 Å². The van der Waals surface area contributed by atoms with Crippen LogP contribution in [-0.2, 0) is 0 Å². The number of fused-ring (bicyclic) bond motifs is 3. The van der Waals surface area contributed by atoms with Crippen LogP contribution in [0.3, 0.4) is 0 Å². The van der Waals surface area contributed by atoms with E-state index >= 15 is 0 Å². The number of nitrogens with zero attached hydrogens (tertiary/aromatic N) is 7. The van der Waals surface area contributed by atoms with Crippen molar-refractivity contribution in [1.82, 2.24) is 35.3 Å². The molecule has 0 spiro atoms. The zero-order valence-corrected chi connectivity index (χ0v) is 16.6. The molecule has 0 radical (unpaired) electrons. The molecule has 4 aromatic rings. The Hall–Kier alpha value is -4.79. The first-order chi connectivity index (χ1) is 15.9. The highest BCUT2D eigenvalue weighted by molar-refractivity contribution is 5.82. The average Bonchev–Trinajstić information content (AvgIpc) is 3.51. The van der Waals surface area contributed by atoms with E-state index in [1.165, 1.54) is 6.33 Å². The molecule has 9 heteroatoms. The lowest BCUT2D eigenvalue weighted by atomic mass is 10.2. The third-order valence-corrected chi connectivity index (χ3v) is 5.12.